The molecule has 0 radical (unpaired) electrons. The first-order chi connectivity index (χ1) is 11.9. The summed E-state index contributed by atoms with van der Waals surface area (Å²) in [4.78, 5) is 6.04. The highest BCUT2D eigenvalue weighted by Crippen LogP contribution is 2.32. The molecule has 3 saturated heterocycles. The Hall–Kier alpha value is -1.97. The van der Waals surface area contributed by atoms with Crippen LogP contribution < -0.4 is 4.74 Å². The predicted octanol–water partition coefficient (Wildman–Crippen LogP) is 4.77. The topological polar surface area (TPSA) is 28.3 Å². The van der Waals surface area contributed by atoms with Gasteiger partial charge >= 0.3 is 0 Å². The number of piperidine rings is 3. The first-order valence-corrected chi connectivity index (χ1v) is 8.91. The molecule has 2 bridgehead atoms. The van der Waals surface area contributed by atoms with Crippen molar-refractivity contribution in [1.29, 1.82) is 0 Å². The average molecular weight is 355 g/mol. The van der Waals surface area contributed by atoms with Gasteiger partial charge in [0.1, 0.15) is 12.4 Å². The Morgan fingerprint density at radius 3 is 2.64 bits per heavy atom. The summed E-state index contributed by atoms with van der Waals surface area (Å²) in [7, 11) is 0. The fraction of sp³-hybridized carbons (Fsp3) is 0.333. The lowest BCUT2D eigenvalue weighted by molar-refractivity contribution is 0.160. The number of aromatic amines is 1. The van der Waals surface area contributed by atoms with Crippen molar-refractivity contribution in [3.63, 3.8) is 0 Å². The molecule has 130 valence electrons. The van der Waals surface area contributed by atoms with E-state index in [1.54, 1.807) is 5.57 Å². The third-order valence-electron chi connectivity index (χ3n) is 5.59. The number of benzene rings is 2. The smallest absolute Gasteiger partial charge is 0.121 e. The van der Waals surface area contributed by atoms with E-state index in [2.05, 4.69) is 58.4 Å². The number of para-hydroxylation sites is 1. The van der Waals surface area contributed by atoms with Crippen LogP contribution in [0.1, 0.15) is 12.8 Å². The quantitative estimate of drug-likeness (QED) is 0.686. The lowest BCUT2D eigenvalue weighted by Crippen LogP contribution is -2.43. The van der Waals surface area contributed by atoms with Crippen LogP contribution >= 0.6 is 12.4 Å². The molecule has 4 heteroatoms. The van der Waals surface area contributed by atoms with Gasteiger partial charge in [-0.2, -0.15) is 0 Å². The second kappa shape index (κ2) is 6.74. The number of H-pyrrole nitrogens is 1. The summed E-state index contributed by atoms with van der Waals surface area (Å²) in [5.41, 5.74) is 3.91. The Balaban J connectivity index is 0.00000157. The molecule has 3 aliphatic heterocycles. The van der Waals surface area contributed by atoms with Crippen molar-refractivity contribution < 1.29 is 4.74 Å². The van der Waals surface area contributed by atoms with Gasteiger partial charge in [-0.3, -0.25) is 4.90 Å². The van der Waals surface area contributed by atoms with Crippen LogP contribution in [0.15, 0.2) is 54.1 Å². The number of aromatic nitrogens is 1. The molecular weight excluding hydrogens is 332 g/mol. The highest BCUT2D eigenvalue weighted by molar-refractivity contribution is 6.07. The molecule has 0 amide bonds. The molecule has 2 aromatic carbocycles. The summed E-state index contributed by atoms with van der Waals surface area (Å²) in [5.74, 6) is 1.74. The minimum Gasteiger partial charge on any atom is -0.489 e. The van der Waals surface area contributed by atoms with Gasteiger partial charge in [0.15, 0.2) is 0 Å². The van der Waals surface area contributed by atoms with E-state index in [1.807, 2.05) is 0 Å². The van der Waals surface area contributed by atoms with Gasteiger partial charge < -0.3 is 9.72 Å². The van der Waals surface area contributed by atoms with Gasteiger partial charge in [0.2, 0.25) is 0 Å². The van der Waals surface area contributed by atoms with Gasteiger partial charge in [0, 0.05) is 28.9 Å². The Morgan fingerprint density at radius 2 is 1.84 bits per heavy atom. The minimum atomic E-state index is 0. The zero-order chi connectivity index (χ0) is 15.9. The van der Waals surface area contributed by atoms with Crippen LogP contribution in [-0.4, -0.2) is 36.1 Å². The third kappa shape index (κ3) is 3.03. The van der Waals surface area contributed by atoms with Crippen molar-refractivity contribution in [3.8, 4) is 5.75 Å². The SMILES string of the molecule is C(COc1ccc2c(c1)[nH]c1ccccc12)=C1CN2CCC1CC2.Cl. The van der Waals surface area contributed by atoms with Gasteiger partial charge in [-0.1, -0.05) is 23.8 Å². The van der Waals surface area contributed by atoms with E-state index < -0.39 is 0 Å². The summed E-state index contributed by atoms with van der Waals surface area (Å²) < 4.78 is 6.01. The number of fused-ring (bicyclic) bond motifs is 6. The Labute approximate surface area is 154 Å². The van der Waals surface area contributed by atoms with E-state index in [0.717, 1.165) is 23.7 Å². The molecule has 3 nitrogen and oxygen atoms in total. The minimum absolute atomic E-state index is 0. The van der Waals surface area contributed by atoms with Gasteiger partial charge in [-0.05, 0) is 56.1 Å². The van der Waals surface area contributed by atoms with Crippen molar-refractivity contribution >= 4 is 34.2 Å². The molecule has 1 N–H and O–H groups in total. The number of nitrogens with zero attached hydrogens (tertiary/aromatic N) is 1. The number of hydrogen-bond donors (Lipinski definition) is 1. The number of halogens is 1. The van der Waals surface area contributed by atoms with E-state index in [9.17, 15) is 0 Å². The maximum absolute atomic E-state index is 6.01. The number of nitrogens with one attached hydrogen (secondary N) is 1. The number of ether oxygens (including phenoxy) is 1. The molecule has 0 spiro atoms. The highest BCUT2D eigenvalue weighted by atomic mass is 35.5. The lowest BCUT2D eigenvalue weighted by atomic mass is 9.84. The number of rotatable bonds is 3. The van der Waals surface area contributed by atoms with Crippen molar-refractivity contribution in [3.05, 3.63) is 54.1 Å². The third-order valence-corrected chi connectivity index (χ3v) is 5.59. The second-order valence-corrected chi connectivity index (χ2v) is 7.02. The van der Waals surface area contributed by atoms with Gasteiger partial charge in [-0.25, -0.2) is 0 Å². The molecule has 3 fully saturated rings. The van der Waals surface area contributed by atoms with Gasteiger partial charge in [-0.15, -0.1) is 12.4 Å². The van der Waals surface area contributed by atoms with Crippen molar-refractivity contribution in [2.75, 3.05) is 26.2 Å². The van der Waals surface area contributed by atoms with Crippen LogP contribution in [0.4, 0.5) is 0 Å². The van der Waals surface area contributed by atoms with E-state index >= 15 is 0 Å². The summed E-state index contributed by atoms with van der Waals surface area (Å²) in [6.45, 7) is 4.38. The zero-order valence-electron chi connectivity index (χ0n) is 14.2. The fourth-order valence-electron chi connectivity index (χ4n) is 4.25. The summed E-state index contributed by atoms with van der Waals surface area (Å²) in [6, 6.07) is 14.8. The molecule has 3 aliphatic rings. The first-order valence-electron chi connectivity index (χ1n) is 8.91. The van der Waals surface area contributed by atoms with Crippen molar-refractivity contribution in [2.45, 2.75) is 12.8 Å². The van der Waals surface area contributed by atoms with Gasteiger partial charge in [0.25, 0.3) is 0 Å². The maximum atomic E-state index is 6.01. The van der Waals surface area contributed by atoms with Crippen LogP contribution in [0.5, 0.6) is 5.75 Å². The molecule has 0 atom stereocenters. The summed E-state index contributed by atoms with van der Waals surface area (Å²) >= 11 is 0. The molecule has 4 heterocycles. The molecule has 0 saturated carbocycles. The lowest BCUT2D eigenvalue weighted by Gasteiger charge is -2.41. The van der Waals surface area contributed by atoms with Gasteiger partial charge in [0.05, 0.1) is 5.52 Å². The maximum Gasteiger partial charge on any atom is 0.121 e. The van der Waals surface area contributed by atoms with E-state index in [4.69, 9.17) is 4.74 Å². The normalized spacial score (nSPS) is 23.9. The standard InChI is InChI=1S/C21H22N2O.ClH/c1-2-4-20-18(3-1)19-6-5-17(13-21(19)22-20)24-12-9-16-14-23-10-7-15(16)8-11-23;/h1-6,9,13,15,22H,7-8,10-12,14H2;1H. The molecule has 25 heavy (non-hydrogen) atoms. The van der Waals surface area contributed by atoms with Crippen molar-refractivity contribution in [2.24, 2.45) is 5.92 Å². The Morgan fingerprint density at radius 1 is 1.04 bits per heavy atom. The molecule has 0 aliphatic carbocycles. The van der Waals surface area contributed by atoms with Crippen molar-refractivity contribution in [1.82, 2.24) is 9.88 Å². The summed E-state index contributed by atoms with van der Waals surface area (Å²) in [6.07, 6.45) is 4.96. The predicted molar refractivity (Wildman–Crippen MR) is 106 cm³/mol. The monoisotopic (exact) mass is 354 g/mol. The molecule has 0 unspecified atom stereocenters. The van der Waals surface area contributed by atoms with Crippen LogP contribution in [0, 0.1) is 5.92 Å². The molecular formula is C21H23ClN2O. The first kappa shape index (κ1) is 16.5. The Bertz CT molecular complexity index is 922. The van der Waals surface area contributed by atoms with Crippen LogP contribution in [0.2, 0.25) is 0 Å². The van der Waals surface area contributed by atoms with Crippen LogP contribution in [-0.2, 0) is 0 Å². The second-order valence-electron chi connectivity index (χ2n) is 7.02. The molecule has 3 aromatic rings. The fourth-order valence-corrected chi connectivity index (χ4v) is 4.25. The Kier molecular flexibility index (Phi) is 4.45. The van der Waals surface area contributed by atoms with E-state index in [1.165, 1.54) is 42.2 Å². The van der Waals surface area contributed by atoms with Crippen LogP contribution in [0.25, 0.3) is 21.8 Å². The molecule has 1 aromatic heterocycles. The van der Waals surface area contributed by atoms with Crippen LogP contribution in [0.3, 0.4) is 0 Å². The highest BCUT2D eigenvalue weighted by Gasteiger charge is 2.28. The van der Waals surface area contributed by atoms with E-state index in [-0.39, 0.29) is 12.4 Å². The number of hydrogen-bond acceptors (Lipinski definition) is 2. The zero-order valence-corrected chi connectivity index (χ0v) is 15.0. The largest absolute Gasteiger partial charge is 0.489 e. The summed E-state index contributed by atoms with van der Waals surface area (Å²) in [5, 5.41) is 2.53. The molecule has 6 rings (SSSR count). The average Bonchev–Trinajstić information content (AvgIpc) is 3.00. The van der Waals surface area contributed by atoms with E-state index in [0.29, 0.717) is 6.61 Å².